The quantitative estimate of drug-likeness (QED) is 0.564. The molecule has 2 fully saturated rings. The molecule has 0 saturated carbocycles. The molecule has 0 bridgehead atoms. The van der Waals surface area contributed by atoms with E-state index in [1.54, 1.807) is 0 Å². The third-order valence-electron chi connectivity index (χ3n) is 3.77. The number of rotatable bonds is 1. The average molecular weight is 292 g/mol. The van der Waals surface area contributed by atoms with Crippen LogP contribution in [0.2, 0.25) is 0 Å². The number of halogens is 1. The lowest BCUT2D eigenvalue weighted by Crippen LogP contribution is -2.59. The largest absolute Gasteiger partial charge is 0.336 e. The number of nitrogens with one attached hydrogen (secondary N) is 2. The molecule has 0 aromatic carbocycles. The third kappa shape index (κ3) is 2.32. The Balaban J connectivity index is 1.82. The van der Waals surface area contributed by atoms with E-state index in [9.17, 15) is 18.8 Å². The second kappa shape index (κ2) is 4.80. The van der Waals surface area contributed by atoms with E-state index in [0.29, 0.717) is 19.4 Å². The number of carbonyl (C=O) groups is 3. The number of hydrogen-bond donors (Lipinski definition) is 2. The van der Waals surface area contributed by atoms with Crippen molar-refractivity contribution >= 4 is 17.8 Å². The highest BCUT2D eigenvalue weighted by atomic mass is 19.1. The fourth-order valence-electron chi connectivity index (χ4n) is 2.76. The fourth-order valence-corrected chi connectivity index (χ4v) is 2.76. The molecule has 8 heteroatoms. The Kier molecular flexibility index (Phi) is 3.08. The van der Waals surface area contributed by atoms with Crippen LogP contribution in [0.3, 0.4) is 0 Å². The molecule has 110 valence electrons. The van der Waals surface area contributed by atoms with E-state index in [4.69, 9.17) is 0 Å². The predicted molar refractivity (Wildman–Crippen MR) is 68.7 cm³/mol. The van der Waals surface area contributed by atoms with Crippen LogP contribution >= 0.6 is 0 Å². The lowest BCUT2D eigenvalue weighted by molar-refractivity contribution is -0.125. The number of urea groups is 1. The number of nitrogens with zero attached hydrogens (tertiary/aromatic N) is 2. The van der Waals surface area contributed by atoms with Gasteiger partial charge in [-0.05, 0) is 18.9 Å². The van der Waals surface area contributed by atoms with Gasteiger partial charge in [0.1, 0.15) is 5.54 Å². The summed E-state index contributed by atoms with van der Waals surface area (Å²) < 4.78 is 13.1. The Morgan fingerprint density at radius 2 is 2.24 bits per heavy atom. The van der Waals surface area contributed by atoms with Crippen molar-refractivity contribution in [1.82, 2.24) is 20.5 Å². The number of carbonyl (C=O) groups excluding carboxylic acids is 3. The van der Waals surface area contributed by atoms with E-state index in [-0.39, 0.29) is 18.0 Å². The Bertz CT molecular complexity index is 636. The summed E-state index contributed by atoms with van der Waals surface area (Å²) in [7, 11) is 0. The molecule has 2 saturated heterocycles. The van der Waals surface area contributed by atoms with Gasteiger partial charge in [0.25, 0.3) is 11.8 Å². The Morgan fingerprint density at radius 1 is 1.43 bits per heavy atom. The summed E-state index contributed by atoms with van der Waals surface area (Å²) in [6, 6.07) is 1.92. The van der Waals surface area contributed by atoms with Gasteiger partial charge in [0.15, 0.2) is 0 Å². The highest BCUT2D eigenvalue weighted by Crippen LogP contribution is 2.25. The van der Waals surface area contributed by atoms with E-state index in [0.717, 1.165) is 6.07 Å². The molecule has 3 heterocycles. The number of pyridine rings is 1. The monoisotopic (exact) mass is 292 g/mol. The van der Waals surface area contributed by atoms with Crippen LogP contribution in [0, 0.1) is 5.95 Å². The maximum Gasteiger partial charge on any atom is 0.322 e. The number of aromatic nitrogens is 1. The predicted octanol–water partition coefficient (Wildman–Crippen LogP) is 0.0349. The summed E-state index contributed by atoms with van der Waals surface area (Å²) in [5.74, 6) is -1.55. The highest BCUT2D eigenvalue weighted by molar-refractivity contribution is 6.07. The smallest absolute Gasteiger partial charge is 0.322 e. The van der Waals surface area contributed by atoms with Gasteiger partial charge in [0.05, 0.1) is 6.54 Å². The SMILES string of the molecule is O=C1NC(=O)C2(CCCN(C(=O)c3ccnc(F)c3)C2)N1. The van der Waals surface area contributed by atoms with E-state index < -0.39 is 23.4 Å². The molecule has 4 amide bonds. The molecule has 21 heavy (non-hydrogen) atoms. The van der Waals surface area contributed by atoms with Crippen molar-refractivity contribution in [3.63, 3.8) is 0 Å². The zero-order valence-corrected chi connectivity index (χ0v) is 11.1. The number of piperidine rings is 1. The second-order valence-electron chi connectivity index (χ2n) is 5.19. The van der Waals surface area contributed by atoms with Gasteiger partial charge in [-0.15, -0.1) is 0 Å². The normalized spacial score (nSPS) is 24.9. The number of amides is 4. The van der Waals surface area contributed by atoms with Crippen LogP contribution in [0.15, 0.2) is 18.3 Å². The molecule has 2 aliphatic heterocycles. The summed E-state index contributed by atoms with van der Waals surface area (Å²) in [5.41, 5.74) is -0.902. The number of likely N-dealkylation sites (tertiary alicyclic amines) is 1. The summed E-state index contributed by atoms with van der Waals surface area (Å²) in [4.78, 5) is 40.4. The molecule has 1 aromatic heterocycles. The molecule has 2 aliphatic rings. The van der Waals surface area contributed by atoms with E-state index in [1.165, 1.54) is 17.2 Å². The van der Waals surface area contributed by atoms with Crippen molar-refractivity contribution in [2.24, 2.45) is 0 Å². The second-order valence-corrected chi connectivity index (χ2v) is 5.19. The van der Waals surface area contributed by atoms with Crippen LogP contribution in [0.1, 0.15) is 23.2 Å². The molecule has 2 N–H and O–H groups in total. The van der Waals surface area contributed by atoms with Crippen LogP contribution in [-0.2, 0) is 4.79 Å². The van der Waals surface area contributed by atoms with Crippen LogP contribution < -0.4 is 10.6 Å². The number of imide groups is 1. The first-order chi connectivity index (χ1) is 10.00. The summed E-state index contributed by atoms with van der Waals surface area (Å²) in [6.07, 6.45) is 2.26. The van der Waals surface area contributed by atoms with Crippen LogP contribution in [0.5, 0.6) is 0 Å². The average Bonchev–Trinajstić information content (AvgIpc) is 2.72. The van der Waals surface area contributed by atoms with Crippen molar-refractivity contribution in [3.05, 3.63) is 29.8 Å². The lowest BCUT2D eigenvalue weighted by Gasteiger charge is -2.38. The molecule has 0 radical (unpaired) electrons. The first-order valence-electron chi connectivity index (χ1n) is 6.55. The van der Waals surface area contributed by atoms with Gasteiger partial charge in [-0.2, -0.15) is 4.39 Å². The van der Waals surface area contributed by atoms with Crippen molar-refractivity contribution in [1.29, 1.82) is 0 Å². The maximum absolute atomic E-state index is 13.1. The summed E-state index contributed by atoms with van der Waals surface area (Å²) in [6.45, 7) is 0.529. The van der Waals surface area contributed by atoms with Gasteiger partial charge in [-0.1, -0.05) is 0 Å². The highest BCUT2D eigenvalue weighted by Gasteiger charge is 2.49. The first-order valence-corrected chi connectivity index (χ1v) is 6.55. The molecule has 7 nitrogen and oxygen atoms in total. The van der Waals surface area contributed by atoms with Gasteiger partial charge in [0.2, 0.25) is 5.95 Å². The van der Waals surface area contributed by atoms with Gasteiger partial charge >= 0.3 is 6.03 Å². The van der Waals surface area contributed by atoms with Crippen molar-refractivity contribution in [3.8, 4) is 0 Å². The molecular weight excluding hydrogens is 279 g/mol. The molecule has 3 rings (SSSR count). The minimum absolute atomic E-state index is 0.0767. The fraction of sp³-hybridized carbons (Fsp3) is 0.385. The molecular formula is C13H13FN4O3. The molecule has 1 atom stereocenters. The van der Waals surface area contributed by atoms with Crippen molar-refractivity contribution < 1.29 is 18.8 Å². The summed E-state index contributed by atoms with van der Waals surface area (Å²) >= 11 is 0. The van der Waals surface area contributed by atoms with Gasteiger partial charge in [-0.3, -0.25) is 14.9 Å². The molecule has 1 unspecified atom stereocenters. The standard InChI is InChI=1S/C13H13FN4O3/c14-9-6-8(2-4-15-9)10(19)18-5-1-3-13(7-18)11(20)16-12(21)17-13/h2,4,6H,1,3,5,7H2,(H2,16,17,20,21). The topological polar surface area (TPSA) is 91.4 Å². The van der Waals surface area contributed by atoms with Crippen molar-refractivity contribution in [2.45, 2.75) is 18.4 Å². The zero-order valence-electron chi connectivity index (χ0n) is 11.1. The molecule has 1 aromatic rings. The van der Waals surface area contributed by atoms with Crippen LogP contribution in [0.25, 0.3) is 0 Å². The maximum atomic E-state index is 13.1. The van der Waals surface area contributed by atoms with E-state index in [2.05, 4.69) is 15.6 Å². The van der Waals surface area contributed by atoms with Crippen LogP contribution in [-0.4, -0.2) is 46.4 Å². The van der Waals surface area contributed by atoms with Gasteiger partial charge in [-0.25, -0.2) is 9.78 Å². The van der Waals surface area contributed by atoms with Crippen LogP contribution in [0.4, 0.5) is 9.18 Å². The van der Waals surface area contributed by atoms with E-state index >= 15 is 0 Å². The summed E-state index contributed by atoms with van der Waals surface area (Å²) in [5, 5.41) is 4.78. The lowest BCUT2D eigenvalue weighted by atomic mass is 9.89. The Morgan fingerprint density at radius 3 is 2.90 bits per heavy atom. The van der Waals surface area contributed by atoms with Gasteiger partial charge in [0, 0.05) is 24.4 Å². The van der Waals surface area contributed by atoms with Gasteiger partial charge < -0.3 is 10.2 Å². The Labute approximate surface area is 119 Å². The number of hydrogen-bond acceptors (Lipinski definition) is 4. The minimum Gasteiger partial charge on any atom is -0.336 e. The third-order valence-corrected chi connectivity index (χ3v) is 3.77. The molecule has 1 spiro atoms. The molecule has 0 aliphatic carbocycles. The van der Waals surface area contributed by atoms with E-state index in [1.807, 2.05) is 0 Å². The first kappa shape index (κ1) is 13.5. The zero-order chi connectivity index (χ0) is 15.0. The minimum atomic E-state index is -1.07. The van der Waals surface area contributed by atoms with Crippen molar-refractivity contribution in [2.75, 3.05) is 13.1 Å². The Hall–Kier alpha value is -2.51.